The van der Waals surface area contributed by atoms with Crippen molar-refractivity contribution in [2.75, 3.05) is 12.4 Å². The van der Waals surface area contributed by atoms with Crippen molar-refractivity contribution in [2.45, 2.75) is 6.61 Å². The van der Waals surface area contributed by atoms with Crippen molar-refractivity contribution >= 4 is 21.7 Å². The van der Waals surface area contributed by atoms with E-state index in [0.717, 1.165) is 0 Å². The van der Waals surface area contributed by atoms with Crippen LogP contribution in [0, 0.1) is 0 Å². The zero-order valence-electron chi connectivity index (χ0n) is 7.79. The van der Waals surface area contributed by atoms with Gasteiger partial charge in [-0.05, 0) is 11.6 Å². The number of hydrogen-bond acceptors (Lipinski definition) is 3. The fourth-order valence-corrected chi connectivity index (χ4v) is 1.54. The molecule has 0 saturated heterocycles. The van der Waals surface area contributed by atoms with Gasteiger partial charge in [-0.15, -0.1) is 0 Å². The Labute approximate surface area is 90.8 Å². The number of aliphatic hydroxyl groups excluding tert-OH is 1. The Morgan fingerprint density at radius 2 is 2.29 bits per heavy atom. The van der Waals surface area contributed by atoms with Gasteiger partial charge in [0, 0.05) is 0 Å². The molecule has 0 aliphatic heterocycles. The highest BCUT2D eigenvalue weighted by molar-refractivity contribution is 9.09. The number of ether oxygens (including phenoxy) is 1. The van der Waals surface area contributed by atoms with Crippen LogP contribution in [0.15, 0.2) is 18.2 Å². The maximum Gasteiger partial charge on any atom is 0.177 e. The highest BCUT2D eigenvalue weighted by Gasteiger charge is 2.14. The standard InChI is InChI=1S/C10H11BrO3/c1-14-9-4-2-3-7(6-12)10(9)8(13)5-11/h2-4,12H,5-6H2,1H3. The number of hydrogen-bond donors (Lipinski definition) is 1. The van der Waals surface area contributed by atoms with Gasteiger partial charge < -0.3 is 9.84 Å². The van der Waals surface area contributed by atoms with Gasteiger partial charge >= 0.3 is 0 Å². The van der Waals surface area contributed by atoms with Crippen LogP contribution in [0.25, 0.3) is 0 Å². The first-order valence-corrected chi connectivity index (χ1v) is 5.22. The van der Waals surface area contributed by atoms with Gasteiger partial charge in [-0.25, -0.2) is 0 Å². The Bertz CT molecular complexity index is 314. The minimum absolute atomic E-state index is 0.0912. The summed E-state index contributed by atoms with van der Waals surface area (Å²) in [6, 6.07) is 5.16. The van der Waals surface area contributed by atoms with Crippen LogP contribution >= 0.6 is 15.9 Å². The number of aliphatic hydroxyl groups is 1. The molecule has 4 heteroatoms. The topological polar surface area (TPSA) is 46.5 Å². The summed E-state index contributed by atoms with van der Waals surface area (Å²) in [5.74, 6) is 0.410. The first-order valence-electron chi connectivity index (χ1n) is 4.10. The summed E-state index contributed by atoms with van der Waals surface area (Å²) >= 11 is 3.09. The molecule has 0 aliphatic rings. The first kappa shape index (κ1) is 11.2. The molecule has 1 aromatic rings. The third kappa shape index (κ3) is 2.13. The SMILES string of the molecule is COc1cccc(CO)c1C(=O)CBr. The van der Waals surface area contributed by atoms with Gasteiger partial charge in [0.25, 0.3) is 0 Å². The number of alkyl halides is 1. The third-order valence-corrected chi connectivity index (χ3v) is 2.41. The average molecular weight is 259 g/mol. The van der Waals surface area contributed by atoms with E-state index in [1.165, 1.54) is 7.11 Å². The number of carbonyl (C=O) groups is 1. The second kappa shape index (κ2) is 5.12. The molecule has 0 amide bonds. The molecule has 0 bridgehead atoms. The first-order chi connectivity index (χ1) is 6.74. The van der Waals surface area contributed by atoms with Gasteiger partial charge in [0.1, 0.15) is 5.75 Å². The highest BCUT2D eigenvalue weighted by atomic mass is 79.9. The number of halogens is 1. The number of Topliss-reactive ketones (excluding diaryl/α,β-unsaturated/α-hetero) is 1. The molecule has 0 saturated carbocycles. The summed E-state index contributed by atoms with van der Waals surface area (Å²) in [5.41, 5.74) is 1.04. The third-order valence-electron chi connectivity index (χ3n) is 1.90. The monoisotopic (exact) mass is 258 g/mol. The normalized spacial score (nSPS) is 9.93. The van der Waals surface area contributed by atoms with E-state index in [1.807, 2.05) is 0 Å². The van der Waals surface area contributed by atoms with Crippen molar-refractivity contribution in [2.24, 2.45) is 0 Å². The lowest BCUT2D eigenvalue weighted by Gasteiger charge is -2.09. The lowest BCUT2D eigenvalue weighted by molar-refractivity contribution is 0.101. The summed E-state index contributed by atoms with van der Waals surface area (Å²) < 4.78 is 5.06. The molecule has 1 aromatic carbocycles. The van der Waals surface area contributed by atoms with Crippen LogP contribution in [-0.2, 0) is 6.61 Å². The van der Waals surface area contributed by atoms with Gasteiger partial charge in [-0.2, -0.15) is 0 Å². The Morgan fingerprint density at radius 3 is 2.79 bits per heavy atom. The van der Waals surface area contributed by atoms with Gasteiger partial charge in [-0.1, -0.05) is 28.1 Å². The Morgan fingerprint density at radius 1 is 1.57 bits per heavy atom. The summed E-state index contributed by atoms with van der Waals surface area (Å²) in [4.78, 5) is 11.5. The van der Waals surface area contributed by atoms with Crippen molar-refractivity contribution in [3.63, 3.8) is 0 Å². The van der Waals surface area contributed by atoms with E-state index in [9.17, 15) is 4.79 Å². The van der Waals surface area contributed by atoms with Crippen molar-refractivity contribution in [3.8, 4) is 5.75 Å². The molecule has 0 fully saturated rings. The number of rotatable bonds is 4. The lowest BCUT2D eigenvalue weighted by Crippen LogP contribution is -2.07. The summed E-state index contributed by atoms with van der Waals surface area (Å²) in [6.45, 7) is -0.161. The average Bonchev–Trinajstić information content (AvgIpc) is 2.26. The van der Waals surface area contributed by atoms with Crippen LogP contribution in [0.1, 0.15) is 15.9 Å². The molecule has 0 atom stereocenters. The van der Waals surface area contributed by atoms with Gasteiger partial charge in [-0.3, -0.25) is 4.79 Å². The smallest absolute Gasteiger partial charge is 0.177 e. The quantitative estimate of drug-likeness (QED) is 0.662. The molecule has 1 rings (SSSR count). The molecular weight excluding hydrogens is 248 g/mol. The maximum atomic E-state index is 11.5. The molecule has 0 unspecified atom stereocenters. The minimum Gasteiger partial charge on any atom is -0.496 e. The second-order valence-electron chi connectivity index (χ2n) is 2.71. The summed E-state index contributed by atoms with van der Waals surface area (Å²) in [7, 11) is 1.50. The Hall–Kier alpha value is -0.870. The lowest BCUT2D eigenvalue weighted by atomic mass is 10.0. The van der Waals surface area contributed by atoms with Crippen LogP contribution in [-0.4, -0.2) is 23.3 Å². The van der Waals surface area contributed by atoms with E-state index in [4.69, 9.17) is 9.84 Å². The molecular formula is C10H11BrO3. The predicted molar refractivity (Wildman–Crippen MR) is 57.0 cm³/mol. The molecule has 3 nitrogen and oxygen atoms in total. The number of ketones is 1. The number of methoxy groups -OCH3 is 1. The van der Waals surface area contributed by atoms with Crippen LogP contribution < -0.4 is 4.74 Å². The molecule has 0 spiro atoms. The van der Waals surface area contributed by atoms with Crippen molar-refractivity contribution in [1.29, 1.82) is 0 Å². The molecule has 0 heterocycles. The molecule has 1 N–H and O–H groups in total. The van der Waals surface area contributed by atoms with E-state index in [-0.39, 0.29) is 17.7 Å². The Kier molecular flexibility index (Phi) is 4.10. The second-order valence-corrected chi connectivity index (χ2v) is 3.27. The van der Waals surface area contributed by atoms with E-state index < -0.39 is 0 Å². The zero-order valence-corrected chi connectivity index (χ0v) is 9.37. The van der Waals surface area contributed by atoms with E-state index >= 15 is 0 Å². The maximum absolute atomic E-state index is 11.5. The highest BCUT2D eigenvalue weighted by Crippen LogP contribution is 2.23. The van der Waals surface area contributed by atoms with Gasteiger partial charge in [0.05, 0.1) is 24.6 Å². The predicted octanol–water partition coefficient (Wildman–Crippen LogP) is 1.77. The van der Waals surface area contributed by atoms with Crippen molar-refractivity contribution < 1.29 is 14.6 Å². The fraction of sp³-hybridized carbons (Fsp3) is 0.300. The minimum atomic E-state index is -0.161. The Balaban J connectivity index is 3.25. The van der Waals surface area contributed by atoms with Crippen molar-refractivity contribution in [3.05, 3.63) is 29.3 Å². The van der Waals surface area contributed by atoms with Crippen LogP contribution in [0.3, 0.4) is 0 Å². The van der Waals surface area contributed by atoms with Crippen LogP contribution in [0.2, 0.25) is 0 Å². The fourth-order valence-electron chi connectivity index (χ4n) is 1.26. The van der Waals surface area contributed by atoms with Crippen LogP contribution in [0.5, 0.6) is 5.75 Å². The molecule has 0 aliphatic carbocycles. The van der Waals surface area contributed by atoms with E-state index in [1.54, 1.807) is 18.2 Å². The van der Waals surface area contributed by atoms with E-state index in [0.29, 0.717) is 16.9 Å². The summed E-state index contributed by atoms with van der Waals surface area (Å²) in [5, 5.41) is 9.28. The number of benzene rings is 1. The van der Waals surface area contributed by atoms with Crippen molar-refractivity contribution in [1.82, 2.24) is 0 Å². The van der Waals surface area contributed by atoms with Crippen LogP contribution in [0.4, 0.5) is 0 Å². The zero-order chi connectivity index (χ0) is 10.6. The molecule has 0 aromatic heterocycles. The summed E-state index contributed by atoms with van der Waals surface area (Å²) in [6.07, 6.45) is 0. The molecule has 0 radical (unpaired) electrons. The largest absolute Gasteiger partial charge is 0.496 e. The van der Waals surface area contributed by atoms with Gasteiger partial charge in [0.2, 0.25) is 0 Å². The molecule has 14 heavy (non-hydrogen) atoms. The molecule has 76 valence electrons. The van der Waals surface area contributed by atoms with Gasteiger partial charge in [0.15, 0.2) is 5.78 Å². The number of carbonyl (C=O) groups excluding carboxylic acids is 1. The van der Waals surface area contributed by atoms with E-state index in [2.05, 4.69) is 15.9 Å².